The van der Waals surface area contributed by atoms with Gasteiger partial charge in [0, 0.05) is 49.2 Å². The zero-order valence-electron chi connectivity index (χ0n) is 18.1. The maximum absolute atomic E-state index is 12.1. The van der Waals surface area contributed by atoms with Crippen molar-refractivity contribution in [3.05, 3.63) is 63.5 Å². The fourth-order valence-electron chi connectivity index (χ4n) is 4.73. The van der Waals surface area contributed by atoms with Gasteiger partial charge in [-0.25, -0.2) is 4.79 Å². The summed E-state index contributed by atoms with van der Waals surface area (Å²) in [6.07, 6.45) is 2.48. The number of ether oxygens (including phenoxy) is 3. The summed E-state index contributed by atoms with van der Waals surface area (Å²) in [5.41, 5.74) is 2.78. The smallest absolute Gasteiger partial charge is 0.336 e. The van der Waals surface area contributed by atoms with E-state index >= 15 is 0 Å². The lowest BCUT2D eigenvalue weighted by Crippen LogP contribution is -2.42. The summed E-state index contributed by atoms with van der Waals surface area (Å²) in [7, 11) is 0. The number of benzene rings is 2. The molecule has 0 amide bonds. The Balaban J connectivity index is 1.41. The molecule has 3 aromatic rings. The normalized spacial score (nSPS) is 17.0. The maximum Gasteiger partial charge on any atom is 0.336 e. The third-order valence-corrected chi connectivity index (χ3v) is 6.62. The predicted octanol–water partition coefficient (Wildman–Crippen LogP) is 3.63. The van der Waals surface area contributed by atoms with Gasteiger partial charge in [-0.1, -0.05) is 13.0 Å². The predicted molar refractivity (Wildman–Crippen MR) is 120 cm³/mol. The van der Waals surface area contributed by atoms with Crippen LogP contribution in [0.5, 0.6) is 17.2 Å². The summed E-state index contributed by atoms with van der Waals surface area (Å²) < 4.78 is 22.1. The summed E-state index contributed by atoms with van der Waals surface area (Å²) in [5.74, 6) is 1.71. The van der Waals surface area contributed by atoms with Crippen molar-refractivity contribution in [3.63, 3.8) is 0 Å². The number of phenols is 1. The molecule has 7 nitrogen and oxygen atoms in total. The number of fused-ring (bicyclic) bond motifs is 2. The van der Waals surface area contributed by atoms with E-state index in [2.05, 4.69) is 17.4 Å². The molecule has 168 valence electrons. The van der Waals surface area contributed by atoms with Crippen LogP contribution in [0, 0.1) is 0 Å². The lowest BCUT2D eigenvalue weighted by Gasteiger charge is -2.38. The van der Waals surface area contributed by atoms with Gasteiger partial charge in [0.1, 0.15) is 11.3 Å². The Kier molecular flexibility index (Phi) is 5.53. The van der Waals surface area contributed by atoms with Crippen molar-refractivity contribution >= 4 is 11.0 Å². The van der Waals surface area contributed by atoms with E-state index in [1.54, 1.807) is 0 Å². The van der Waals surface area contributed by atoms with E-state index in [0.717, 1.165) is 47.4 Å². The highest BCUT2D eigenvalue weighted by atomic mass is 16.7. The number of aromatic hydroxyl groups is 1. The number of nitrogens with one attached hydrogen (secondary N) is 1. The van der Waals surface area contributed by atoms with E-state index in [1.807, 2.05) is 19.1 Å². The fraction of sp³-hybridized carbons (Fsp3) is 0.400. The van der Waals surface area contributed by atoms with Crippen LogP contribution in [0.3, 0.4) is 0 Å². The number of hydrogen-bond acceptors (Lipinski definition) is 7. The number of phenolic OH excluding ortho intramolecular Hbond substituents is 1. The molecule has 2 aliphatic rings. The number of aryl methyl sites for hydroxylation is 1. The van der Waals surface area contributed by atoms with Crippen LogP contribution in [0.4, 0.5) is 0 Å². The van der Waals surface area contributed by atoms with Crippen molar-refractivity contribution in [1.29, 1.82) is 0 Å². The molecule has 7 heteroatoms. The molecule has 0 unspecified atom stereocenters. The number of rotatable bonds is 6. The van der Waals surface area contributed by atoms with Crippen LogP contribution in [-0.2, 0) is 23.1 Å². The molecule has 1 saturated heterocycles. The summed E-state index contributed by atoms with van der Waals surface area (Å²) in [6.45, 7) is 4.89. The molecule has 5 rings (SSSR count). The van der Waals surface area contributed by atoms with E-state index in [0.29, 0.717) is 31.8 Å². The second-order valence-electron chi connectivity index (χ2n) is 8.49. The van der Waals surface area contributed by atoms with Crippen molar-refractivity contribution in [2.75, 3.05) is 26.6 Å². The van der Waals surface area contributed by atoms with Gasteiger partial charge in [0.25, 0.3) is 0 Å². The molecule has 0 aliphatic carbocycles. The van der Waals surface area contributed by atoms with E-state index < -0.39 is 5.63 Å². The van der Waals surface area contributed by atoms with Gasteiger partial charge in [-0.05, 0) is 54.2 Å². The first-order chi connectivity index (χ1) is 15.6. The first-order valence-electron chi connectivity index (χ1n) is 11.1. The van der Waals surface area contributed by atoms with E-state index in [4.69, 9.17) is 18.6 Å². The van der Waals surface area contributed by atoms with Crippen LogP contribution >= 0.6 is 0 Å². The lowest BCUT2D eigenvalue weighted by atomic mass is 9.74. The van der Waals surface area contributed by atoms with Gasteiger partial charge in [0.15, 0.2) is 11.5 Å². The minimum absolute atomic E-state index is 0.0959. The quantitative estimate of drug-likeness (QED) is 0.569. The Bertz CT molecular complexity index is 1190. The standard InChI is InChI=1S/C25H27NO6/c1-2-16-9-19-17(10-24(28)32-22(19)12-20(16)27)13-26-14-25(5-7-29-8-6-25)18-3-4-21-23(11-18)31-15-30-21/h3-4,9-12,26-27H,2,5-8,13-15H2,1H3. The first kappa shape index (κ1) is 20.8. The Morgan fingerprint density at radius 2 is 1.84 bits per heavy atom. The van der Waals surface area contributed by atoms with Gasteiger partial charge in [-0.15, -0.1) is 0 Å². The zero-order valence-corrected chi connectivity index (χ0v) is 18.1. The van der Waals surface area contributed by atoms with Gasteiger partial charge in [0.05, 0.1) is 0 Å². The average Bonchev–Trinajstić information content (AvgIpc) is 3.27. The highest BCUT2D eigenvalue weighted by Crippen LogP contribution is 2.40. The minimum Gasteiger partial charge on any atom is -0.508 e. The molecule has 0 radical (unpaired) electrons. The molecule has 0 bridgehead atoms. The molecule has 0 atom stereocenters. The molecular weight excluding hydrogens is 410 g/mol. The number of hydrogen-bond donors (Lipinski definition) is 2. The van der Waals surface area contributed by atoms with Gasteiger partial charge < -0.3 is 29.1 Å². The minimum atomic E-state index is -0.422. The van der Waals surface area contributed by atoms with Crippen molar-refractivity contribution in [1.82, 2.24) is 5.32 Å². The third-order valence-electron chi connectivity index (χ3n) is 6.62. The highest BCUT2D eigenvalue weighted by Gasteiger charge is 2.35. The molecule has 2 aromatic carbocycles. The van der Waals surface area contributed by atoms with Crippen molar-refractivity contribution < 1.29 is 23.7 Å². The second kappa shape index (κ2) is 8.48. The molecule has 1 aromatic heterocycles. The van der Waals surface area contributed by atoms with Crippen LogP contribution in [-0.4, -0.2) is 31.7 Å². The summed E-state index contributed by atoms with van der Waals surface area (Å²) in [6, 6.07) is 11.1. The Morgan fingerprint density at radius 1 is 1.03 bits per heavy atom. The van der Waals surface area contributed by atoms with Crippen LogP contribution in [0.25, 0.3) is 11.0 Å². The molecule has 3 heterocycles. The largest absolute Gasteiger partial charge is 0.508 e. The third kappa shape index (κ3) is 3.82. The average molecular weight is 437 g/mol. The van der Waals surface area contributed by atoms with E-state index in [9.17, 15) is 9.90 Å². The molecule has 1 fully saturated rings. The summed E-state index contributed by atoms with van der Waals surface area (Å²) in [4.78, 5) is 12.1. The van der Waals surface area contributed by atoms with Crippen LogP contribution in [0.1, 0.15) is 36.5 Å². The molecule has 0 spiro atoms. The monoisotopic (exact) mass is 437 g/mol. The fourth-order valence-corrected chi connectivity index (χ4v) is 4.73. The van der Waals surface area contributed by atoms with Crippen LogP contribution < -0.4 is 20.4 Å². The van der Waals surface area contributed by atoms with Gasteiger partial charge in [-0.2, -0.15) is 0 Å². The Morgan fingerprint density at radius 3 is 2.66 bits per heavy atom. The zero-order chi connectivity index (χ0) is 22.1. The first-order valence-corrected chi connectivity index (χ1v) is 11.1. The van der Waals surface area contributed by atoms with Gasteiger partial charge in [-0.3, -0.25) is 0 Å². The molecule has 2 N–H and O–H groups in total. The summed E-state index contributed by atoms with van der Waals surface area (Å²) >= 11 is 0. The second-order valence-corrected chi connectivity index (χ2v) is 8.49. The molecule has 0 saturated carbocycles. The SMILES string of the molecule is CCc1cc2c(CNCC3(c4ccc5c(c4)OCO5)CCOCC3)cc(=O)oc2cc1O. The molecule has 2 aliphatic heterocycles. The Hall–Kier alpha value is -3.03. The van der Waals surface area contributed by atoms with Gasteiger partial charge >= 0.3 is 5.63 Å². The Labute approximate surface area is 185 Å². The lowest BCUT2D eigenvalue weighted by molar-refractivity contribution is 0.0497. The van der Waals surface area contributed by atoms with Crippen molar-refractivity contribution in [3.8, 4) is 17.2 Å². The van der Waals surface area contributed by atoms with Crippen LogP contribution in [0.2, 0.25) is 0 Å². The maximum atomic E-state index is 12.1. The molecule has 32 heavy (non-hydrogen) atoms. The topological polar surface area (TPSA) is 90.2 Å². The highest BCUT2D eigenvalue weighted by molar-refractivity contribution is 5.82. The van der Waals surface area contributed by atoms with E-state index in [-0.39, 0.29) is 18.0 Å². The van der Waals surface area contributed by atoms with Crippen LogP contribution in [0.15, 0.2) is 45.6 Å². The van der Waals surface area contributed by atoms with Crippen molar-refractivity contribution in [2.24, 2.45) is 0 Å². The summed E-state index contributed by atoms with van der Waals surface area (Å²) in [5, 5.41) is 14.6. The van der Waals surface area contributed by atoms with E-state index in [1.165, 1.54) is 17.7 Å². The van der Waals surface area contributed by atoms with Crippen molar-refractivity contribution in [2.45, 2.75) is 38.1 Å². The molecular formula is C25H27NO6. The van der Waals surface area contributed by atoms with Gasteiger partial charge in [0.2, 0.25) is 6.79 Å².